The van der Waals surface area contributed by atoms with Crippen molar-refractivity contribution in [1.82, 2.24) is 25.2 Å². The summed E-state index contributed by atoms with van der Waals surface area (Å²) in [5.41, 5.74) is 3.27. The van der Waals surface area contributed by atoms with E-state index < -0.39 is 0 Å². The number of nitrogens with zero attached hydrogens (tertiary/aromatic N) is 5. The molecule has 0 atom stereocenters. The zero-order valence-electron chi connectivity index (χ0n) is 15.7. The number of nitrogens with one attached hydrogen (secondary N) is 1. The molecule has 0 unspecified atom stereocenters. The molecule has 1 amide bonds. The molecule has 2 aromatic carbocycles. The molecule has 28 heavy (non-hydrogen) atoms. The van der Waals surface area contributed by atoms with Crippen LogP contribution in [0.5, 0.6) is 5.75 Å². The summed E-state index contributed by atoms with van der Waals surface area (Å²) < 4.78 is 6.96. The highest BCUT2D eigenvalue weighted by molar-refractivity contribution is 6.07. The molecule has 0 aliphatic rings. The summed E-state index contributed by atoms with van der Waals surface area (Å²) in [6, 6.07) is 14.8. The minimum absolute atomic E-state index is 0.236. The number of ether oxygens (including phenoxy) is 1. The van der Waals surface area contributed by atoms with E-state index in [1.54, 1.807) is 11.8 Å². The predicted molar refractivity (Wildman–Crippen MR) is 105 cm³/mol. The van der Waals surface area contributed by atoms with Gasteiger partial charge in [0.25, 0.3) is 5.91 Å². The van der Waals surface area contributed by atoms with E-state index in [0.717, 1.165) is 16.6 Å². The van der Waals surface area contributed by atoms with Gasteiger partial charge in [-0.3, -0.25) is 4.79 Å². The minimum atomic E-state index is -0.236. The molecule has 0 fully saturated rings. The lowest BCUT2D eigenvalue weighted by molar-refractivity contribution is 0.102. The fourth-order valence-electron chi connectivity index (χ4n) is 3.04. The second-order valence-electron chi connectivity index (χ2n) is 6.30. The van der Waals surface area contributed by atoms with Crippen molar-refractivity contribution < 1.29 is 9.53 Å². The molecule has 0 aliphatic heterocycles. The smallest absolute Gasteiger partial charge is 0.257 e. The number of amides is 1. The largest absolute Gasteiger partial charge is 0.494 e. The topological polar surface area (TPSA) is 94.8 Å². The van der Waals surface area contributed by atoms with Crippen molar-refractivity contribution in [2.24, 2.45) is 0 Å². The van der Waals surface area contributed by atoms with E-state index in [-0.39, 0.29) is 5.91 Å². The SMILES string of the molecule is COc1cccc2cc(C(=O)Nc3cccc(-n4nnnc4C)c3)c(C)nc12. The molecule has 0 aliphatic carbocycles. The van der Waals surface area contributed by atoms with Gasteiger partial charge in [-0.1, -0.05) is 18.2 Å². The van der Waals surface area contributed by atoms with Crippen molar-refractivity contribution in [3.05, 3.63) is 65.6 Å². The Balaban J connectivity index is 1.66. The molecule has 0 radical (unpaired) electrons. The zero-order valence-corrected chi connectivity index (χ0v) is 15.7. The molecular weight excluding hydrogens is 356 g/mol. The van der Waals surface area contributed by atoms with E-state index in [2.05, 4.69) is 25.8 Å². The van der Waals surface area contributed by atoms with Crippen LogP contribution in [0, 0.1) is 13.8 Å². The van der Waals surface area contributed by atoms with Crippen molar-refractivity contribution in [1.29, 1.82) is 0 Å². The van der Waals surface area contributed by atoms with Crippen LogP contribution in [0.2, 0.25) is 0 Å². The number of tetrazole rings is 1. The molecule has 8 heteroatoms. The van der Waals surface area contributed by atoms with Crippen molar-refractivity contribution in [3.63, 3.8) is 0 Å². The highest BCUT2D eigenvalue weighted by Gasteiger charge is 2.14. The number of hydrogen-bond acceptors (Lipinski definition) is 6. The third kappa shape index (κ3) is 3.16. The van der Waals surface area contributed by atoms with Crippen LogP contribution >= 0.6 is 0 Å². The number of fused-ring (bicyclic) bond motifs is 1. The normalized spacial score (nSPS) is 10.8. The Labute approximate surface area is 161 Å². The summed E-state index contributed by atoms with van der Waals surface area (Å²) in [4.78, 5) is 17.4. The Morgan fingerprint density at radius 3 is 2.68 bits per heavy atom. The van der Waals surface area contributed by atoms with Crippen LogP contribution in [0.4, 0.5) is 5.69 Å². The molecule has 8 nitrogen and oxygen atoms in total. The number of pyridine rings is 1. The Bertz CT molecular complexity index is 1180. The van der Waals surface area contributed by atoms with Crippen molar-refractivity contribution in [2.75, 3.05) is 12.4 Å². The molecule has 0 saturated heterocycles. The first-order valence-corrected chi connectivity index (χ1v) is 8.68. The maximum Gasteiger partial charge on any atom is 0.257 e. The fourth-order valence-corrected chi connectivity index (χ4v) is 3.04. The minimum Gasteiger partial charge on any atom is -0.494 e. The number of aryl methyl sites for hydroxylation is 2. The van der Waals surface area contributed by atoms with Crippen LogP contribution in [0.15, 0.2) is 48.5 Å². The number of anilines is 1. The van der Waals surface area contributed by atoms with Gasteiger partial charge in [-0.25, -0.2) is 4.98 Å². The van der Waals surface area contributed by atoms with E-state index >= 15 is 0 Å². The lowest BCUT2D eigenvalue weighted by atomic mass is 10.1. The zero-order chi connectivity index (χ0) is 19.7. The summed E-state index contributed by atoms with van der Waals surface area (Å²) in [7, 11) is 1.60. The number of hydrogen-bond donors (Lipinski definition) is 1. The van der Waals surface area contributed by atoms with Gasteiger partial charge in [0, 0.05) is 11.1 Å². The first-order chi connectivity index (χ1) is 13.6. The van der Waals surface area contributed by atoms with Gasteiger partial charge >= 0.3 is 0 Å². The van der Waals surface area contributed by atoms with E-state index in [1.165, 1.54) is 0 Å². The molecule has 4 aromatic rings. The summed E-state index contributed by atoms with van der Waals surface area (Å²) in [6.07, 6.45) is 0. The van der Waals surface area contributed by atoms with E-state index in [0.29, 0.717) is 28.5 Å². The summed E-state index contributed by atoms with van der Waals surface area (Å²) in [6.45, 7) is 3.62. The van der Waals surface area contributed by atoms with Crippen LogP contribution in [0.25, 0.3) is 16.6 Å². The number of aromatic nitrogens is 5. The van der Waals surface area contributed by atoms with Gasteiger partial charge < -0.3 is 10.1 Å². The third-order valence-corrected chi connectivity index (χ3v) is 4.44. The predicted octanol–water partition coefficient (Wildman–Crippen LogP) is 3.09. The Morgan fingerprint density at radius 1 is 1.11 bits per heavy atom. The first-order valence-electron chi connectivity index (χ1n) is 8.68. The van der Waals surface area contributed by atoms with E-state index in [1.807, 2.05) is 62.4 Å². The molecular formula is C20H18N6O2. The quantitative estimate of drug-likeness (QED) is 0.590. The van der Waals surface area contributed by atoms with Gasteiger partial charge in [0.15, 0.2) is 5.82 Å². The molecule has 2 heterocycles. The van der Waals surface area contributed by atoms with Crippen LogP contribution in [-0.4, -0.2) is 38.2 Å². The Kier molecular flexibility index (Phi) is 4.44. The van der Waals surface area contributed by atoms with E-state index in [9.17, 15) is 4.79 Å². The van der Waals surface area contributed by atoms with Crippen LogP contribution in [0.1, 0.15) is 21.9 Å². The molecule has 4 rings (SSSR count). The molecule has 0 spiro atoms. The Hall–Kier alpha value is -3.81. The molecule has 1 N–H and O–H groups in total. The van der Waals surface area contributed by atoms with Gasteiger partial charge in [-0.2, -0.15) is 4.68 Å². The average Bonchev–Trinajstić information content (AvgIpc) is 3.13. The monoisotopic (exact) mass is 374 g/mol. The molecule has 0 saturated carbocycles. The summed E-state index contributed by atoms with van der Waals surface area (Å²) in [5.74, 6) is 1.10. The lowest BCUT2D eigenvalue weighted by Crippen LogP contribution is -2.14. The standard InChI is InChI=1S/C20H18N6O2/c1-12-17(10-14-6-4-9-18(28-3)19(14)21-12)20(27)22-15-7-5-8-16(11-15)26-13(2)23-24-25-26/h4-11H,1-3H3,(H,22,27). The van der Waals surface area contributed by atoms with Crippen LogP contribution in [-0.2, 0) is 0 Å². The highest BCUT2D eigenvalue weighted by atomic mass is 16.5. The second-order valence-corrected chi connectivity index (χ2v) is 6.30. The number of carbonyl (C=O) groups excluding carboxylic acids is 1. The van der Waals surface area contributed by atoms with Gasteiger partial charge in [0.05, 0.1) is 24.1 Å². The van der Waals surface area contributed by atoms with Gasteiger partial charge in [0.1, 0.15) is 11.3 Å². The third-order valence-electron chi connectivity index (χ3n) is 4.44. The molecule has 0 bridgehead atoms. The van der Waals surface area contributed by atoms with Crippen molar-refractivity contribution in [3.8, 4) is 11.4 Å². The summed E-state index contributed by atoms with van der Waals surface area (Å²) >= 11 is 0. The summed E-state index contributed by atoms with van der Waals surface area (Å²) in [5, 5.41) is 15.2. The van der Waals surface area contributed by atoms with Crippen molar-refractivity contribution in [2.45, 2.75) is 13.8 Å². The first kappa shape index (κ1) is 17.6. The van der Waals surface area contributed by atoms with Gasteiger partial charge in [0.2, 0.25) is 0 Å². The van der Waals surface area contributed by atoms with Crippen LogP contribution in [0.3, 0.4) is 0 Å². The number of benzene rings is 2. The fraction of sp³-hybridized carbons (Fsp3) is 0.150. The lowest BCUT2D eigenvalue weighted by Gasteiger charge is -2.11. The highest BCUT2D eigenvalue weighted by Crippen LogP contribution is 2.26. The van der Waals surface area contributed by atoms with Gasteiger partial charge in [-0.15, -0.1) is 5.10 Å². The second kappa shape index (κ2) is 7.07. The number of para-hydroxylation sites is 1. The molecule has 2 aromatic heterocycles. The maximum absolute atomic E-state index is 12.9. The number of rotatable bonds is 4. The van der Waals surface area contributed by atoms with Gasteiger partial charge in [-0.05, 0) is 54.6 Å². The maximum atomic E-state index is 12.9. The van der Waals surface area contributed by atoms with Crippen LogP contribution < -0.4 is 10.1 Å². The number of carbonyl (C=O) groups is 1. The average molecular weight is 374 g/mol. The van der Waals surface area contributed by atoms with Crippen molar-refractivity contribution >= 4 is 22.5 Å². The van der Waals surface area contributed by atoms with E-state index in [4.69, 9.17) is 4.74 Å². The Morgan fingerprint density at radius 2 is 1.93 bits per heavy atom. The number of methoxy groups -OCH3 is 1. The molecule has 140 valence electrons.